The summed E-state index contributed by atoms with van der Waals surface area (Å²) in [5.74, 6) is 0.289. The molecule has 27 heavy (non-hydrogen) atoms. The maximum atomic E-state index is 12.7. The van der Waals surface area contributed by atoms with Crippen LogP contribution in [0.1, 0.15) is 31.9 Å². The molecule has 0 spiro atoms. The van der Waals surface area contributed by atoms with Gasteiger partial charge in [0.15, 0.2) is 0 Å². The number of ketones is 1. The van der Waals surface area contributed by atoms with Gasteiger partial charge in [0.1, 0.15) is 10.6 Å². The van der Waals surface area contributed by atoms with Crippen LogP contribution in [0.2, 0.25) is 0 Å². The SMILES string of the molecule is CCOc1ccc(C)cc1S(=O)(=O)NCc1ccc(C(=O)c2cccs2)s1. The zero-order valence-electron chi connectivity index (χ0n) is 14.9. The van der Waals surface area contributed by atoms with Gasteiger partial charge in [-0.1, -0.05) is 12.1 Å². The van der Waals surface area contributed by atoms with Crippen molar-refractivity contribution in [3.8, 4) is 5.75 Å². The predicted octanol–water partition coefficient (Wildman–Crippen LogP) is 4.23. The van der Waals surface area contributed by atoms with Crippen molar-refractivity contribution in [2.24, 2.45) is 0 Å². The first-order valence-corrected chi connectivity index (χ1v) is 11.5. The molecule has 0 amide bonds. The number of hydrogen-bond donors (Lipinski definition) is 1. The molecule has 8 heteroatoms. The highest BCUT2D eigenvalue weighted by atomic mass is 32.2. The molecule has 1 aromatic carbocycles. The van der Waals surface area contributed by atoms with Crippen LogP contribution < -0.4 is 9.46 Å². The van der Waals surface area contributed by atoms with Crippen LogP contribution in [0.4, 0.5) is 0 Å². The first-order chi connectivity index (χ1) is 12.9. The number of aryl methyl sites for hydroxylation is 1. The summed E-state index contributed by atoms with van der Waals surface area (Å²) in [5.41, 5.74) is 0.832. The topological polar surface area (TPSA) is 72.5 Å². The number of carbonyl (C=O) groups is 1. The Balaban J connectivity index is 1.75. The molecule has 2 heterocycles. The predicted molar refractivity (Wildman–Crippen MR) is 108 cm³/mol. The lowest BCUT2D eigenvalue weighted by molar-refractivity contribution is 0.104. The van der Waals surface area contributed by atoms with E-state index in [1.165, 1.54) is 22.7 Å². The van der Waals surface area contributed by atoms with Crippen molar-refractivity contribution >= 4 is 38.5 Å². The first-order valence-electron chi connectivity index (χ1n) is 8.30. The van der Waals surface area contributed by atoms with Crippen LogP contribution in [0.25, 0.3) is 0 Å². The van der Waals surface area contributed by atoms with Crippen LogP contribution in [0.3, 0.4) is 0 Å². The van der Waals surface area contributed by atoms with E-state index in [1.807, 2.05) is 31.4 Å². The van der Waals surface area contributed by atoms with E-state index in [0.717, 1.165) is 10.4 Å². The van der Waals surface area contributed by atoms with Crippen molar-refractivity contribution in [2.75, 3.05) is 6.61 Å². The van der Waals surface area contributed by atoms with Gasteiger partial charge in [0.2, 0.25) is 15.8 Å². The molecule has 0 radical (unpaired) electrons. The van der Waals surface area contributed by atoms with E-state index in [1.54, 1.807) is 30.3 Å². The smallest absolute Gasteiger partial charge is 0.244 e. The molecule has 2 aromatic heterocycles. The van der Waals surface area contributed by atoms with E-state index in [-0.39, 0.29) is 17.2 Å². The Bertz CT molecular complexity index is 1040. The maximum Gasteiger partial charge on any atom is 0.244 e. The van der Waals surface area contributed by atoms with Crippen LogP contribution in [-0.4, -0.2) is 20.8 Å². The van der Waals surface area contributed by atoms with E-state index in [0.29, 0.717) is 22.1 Å². The largest absolute Gasteiger partial charge is 0.492 e. The van der Waals surface area contributed by atoms with E-state index in [4.69, 9.17) is 4.74 Å². The summed E-state index contributed by atoms with van der Waals surface area (Å²) >= 11 is 2.68. The molecule has 0 atom stereocenters. The molecule has 3 rings (SSSR count). The highest BCUT2D eigenvalue weighted by Crippen LogP contribution is 2.26. The second kappa shape index (κ2) is 8.35. The standard InChI is InChI=1S/C19H19NO4S3/c1-3-24-15-8-6-13(2)11-18(15)27(22,23)20-12-14-7-9-17(26-14)19(21)16-5-4-10-25-16/h4-11,20H,3,12H2,1-2H3. The van der Waals surface area contributed by atoms with Crippen molar-refractivity contribution < 1.29 is 17.9 Å². The number of thiophene rings is 2. The van der Waals surface area contributed by atoms with Crippen molar-refractivity contribution in [1.29, 1.82) is 0 Å². The summed E-state index contributed by atoms with van der Waals surface area (Å²) in [5, 5.41) is 1.85. The Hall–Kier alpha value is -2.00. The Kier molecular flexibility index (Phi) is 6.11. The zero-order chi connectivity index (χ0) is 19.4. The summed E-state index contributed by atoms with van der Waals surface area (Å²) in [6.45, 7) is 4.13. The number of sulfonamides is 1. The van der Waals surface area contributed by atoms with Crippen LogP contribution >= 0.6 is 22.7 Å². The number of ether oxygens (including phenoxy) is 1. The molecule has 142 valence electrons. The fourth-order valence-electron chi connectivity index (χ4n) is 2.47. The minimum Gasteiger partial charge on any atom is -0.492 e. The average molecular weight is 422 g/mol. The summed E-state index contributed by atoms with van der Waals surface area (Å²) < 4.78 is 33.5. The van der Waals surface area contributed by atoms with Crippen LogP contribution in [0.5, 0.6) is 5.75 Å². The normalized spacial score (nSPS) is 11.5. The minimum atomic E-state index is -3.74. The number of benzene rings is 1. The summed E-state index contributed by atoms with van der Waals surface area (Å²) in [7, 11) is -3.74. The number of hydrogen-bond acceptors (Lipinski definition) is 6. The van der Waals surface area contributed by atoms with Crippen LogP contribution in [-0.2, 0) is 16.6 Å². The molecular formula is C19H19NO4S3. The van der Waals surface area contributed by atoms with Crippen molar-refractivity contribution in [1.82, 2.24) is 4.72 Å². The fourth-order valence-corrected chi connectivity index (χ4v) is 5.44. The second-order valence-corrected chi connectivity index (χ2v) is 9.63. The molecule has 3 aromatic rings. The van der Waals surface area contributed by atoms with E-state index in [9.17, 15) is 13.2 Å². The Morgan fingerprint density at radius 2 is 1.96 bits per heavy atom. The zero-order valence-corrected chi connectivity index (χ0v) is 17.3. The molecule has 0 aliphatic carbocycles. The molecule has 0 fully saturated rings. The van der Waals surface area contributed by atoms with E-state index < -0.39 is 10.0 Å². The van der Waals surface area contributed by atoms with Gasteiger partial charge in [0.25, 0.3) is 0 Å². The van der Waals surface area contributed by atoms with Gasteiger partial charge in [0, 0.05) is 11.4 Å². The first kappa shape index (κ1) is 19.8. The Labute approximate surface area is 166 Å². The molecule has 0 saturated carbocycles. The van der Waals surface area contributed by atoms with E-state index in [2.05, 4.69) is 4.72 Å². The third-order valence-electron chi connectivity index (χ3n) is 3.76. The van der Waals surface area contributed by atoms with Crippen molar-refractivity contribution in [2.45, 2.75) is 25.3 Å². The summed E-state index contributed by atoms with van der Waals surface area (Å²) in [4.78, 5) is 14.5. The maximum absolute atomic E-state index is 12.7. The van der Waals surface area contributed by atoms with E-state index >= 15 is 0 Å². The van der Waals surface area contributed by atoms with Gasteiger partial charge in [0.05, 0.1) is 16.4 Å². The molecule has 1 N–H and O–H groups in total. The monoisotopic (exact) mass is 421 g/mol. The lowest BCUT2D eigenvalue weighted by atomic mass is 10.2. The molecule has 0 aliphatic heterocycles. The molecule has 0 saturated heterocycles. The van der Waals surface area contributed by atoms with Gasteiger partial charge in [-0.3, -0.25) is 4.79 Å². The second-order valence-electron chi connectivity index (χ2n) is 5.78. The average Bonchev–Trinajstić information content (AvgIpc) is 3.33. The Morgan fingerprint density at radius 1 is 1.15 bits per heavy atom. The summed E-state index contributed by atoms with van der Waals surface area (Å²) in [6.07, 6.45) is 0. The quantitative estimate of drug-likeness (QED) is 0.553. The third-order valence-corrected chi connectivity index (χ3v) is 7.13. The third kappa shape index (κ3) is 4.65. The van der Waals surface area contributed by atoms with Crippen molar-refractivity contribution in [3.05, 3.63) is 68.0 Å². The van der Waals surface area contributed by atoms with Gasteiger partial charge in [-0.2, -0.15) is 0 Å². The van der Waals surface area contributed by atoms with Crippen molar-refractivity contribution in [3.63, 3.8) is 0 Å². The minimum absolute atomic E-state index is 0.0403. The molecule has 0 unspecified atom stereocenters. The van der Waals surface area contributed by atoms with Crippen LogP contribution in [0.15, 0.2) is 52.7 Å². The van der Waals surface area contributed by atoms with Gasteiger partial charge in [-0.05, 0) is 55.1 Å². The Morgan fingerprint density at radius 3 is 2.67 bits per heavy atom. The highest BCUT2D eigenvalue weighted by Gasteiger charge is 2.20. The highest BCUT2D eigenvalue weighted by molar-refractivity contribution is 7.89. The lowest BCUT2D eigenvalue weighted by Crippen LogP contribution is -2.23. The number of carbonyl (C=O) groups excluding carboxylic acids is 1. The van der Waals surface area contributed by atoms with Gasteiger partial charge in [-0.15, -0.1) is 22.7 Å². The summed E-state index contributed by atoms with van der Waals surface area (Å²) in [6, 6.07) is 12.2. The molecule has 5 nitrogen and oxygen atoms in total. The lowest BCUT2D eigenvalue weighted by Gasteiger charge is -2.12. The number of nitrogens with one attached hydrogen (secondary N) is 1. The fraction of sp³-hybridized carbons (Fsp3) is 0.211. The molecular weight excluding hydrogens is 402 g/mol. The number of rotatable bonds is 8. The molecule has 0 bridgehead atoms. The molecule has 0 aliphatic rings. The van der Waals surface area contributed by atoms with Gasteiger partial charge < -0.3 is 4.74 Å². The van der Waals surface area contributed by atoms with Gasteiger partial charge in [-0.25, -0.2) is 13.1 Å². The van der Waals surface area contributed by atoms with Gasteiger partial charge >= 0.3 is 0 Å². The van der Waals surface area contributed by atoms with Crippen LogP contribution in [0, 0.1) is 6.92 Å².